The van der Waals surface area contributed by atoms with E-state index in [-0.39, 0.29) is 31.8 Å². The normalized spacial score (nSPS) is 11.9. The second-order valence-corrected chi connectivity index (χ2v) is 15.7. The molecule has 0 aliphatic heterocycles. The Balaban J connectivity index is 0.00000464. The molecular formula is C46H48N4OPd. The molecule has 0 unspecified atom stereocenters. The van der Waals surface area contributed by atoms with E-state index in [0.29, 0.717) is 17.4 Å². The van der Waals surface area contributed by atoms with Gasteiger partial charge >= 0.3 is 20.4 Å². The van der Waals surface area contributed by atoms with Crippen LogP contribution < -0.4 is 4.74 Å². The van der Waals surface area contributed by atoms with Crippen molar-refractivity contribution in [2.45, 2.75) is 87.0 Å². The van der Waals surface area contributed by atoms with E-state index < -0.39 is 0 Å². The summed E-state index contributed by atoms with van der Waals surface area (Å²) in [5, 5.41) is 7.47. The summed E-state index contributed by atoms with van der Waals surface area (Å²) in [6.07, 6.45) is 2.91. The molecule has 0 amide bonds. The summed E-state index contributed by atoms with van der Waals surface area (Å²) >= 11 is 0. The van der Waals surface area contributed by atoms with Crippen molar-refractivity contribution >= 4 is 21.8 Å². The number of benzene rings is 4. The summed E-state index contributed by atoms with van der Waals surface area (Å²) < 4.78 is 11.0. The van der Waals surface area contributed by atoms with Crippen LogP contribution in [0.15, 0.2) is 85.1 Å². The fourth-order valence-electron chi connectivity index (χ4n) is 7.43. The molecule has 4 aromatic carbocycles. The summed E-state index contributed by atoms with van der Waals surface area (Å²) in [5.41, 5.74) is 12.2. The zero-order chi connectivity index (χ0) is 36.2. The van der Waals surface area contributed by atoms with Crippen LogP contribution in [0.25, 0.3) is 44.4 Å². The SMILES string of the molecule is Cc1cccc(C)c1-c1c(C)nn(-c2[c-]c(Oc3[c-]c4c(cc3)c3ccccc3n4-c3cc(CC(C)C)ccn3)cc(C(C)C)c2)c1C(C)(C)C.[Pd+2]. The molecule has 0 N–H and O–H groups in total. The van der Waals surface area contributed by atoms with Gasteiger partial charge in [-0.3, -0.25) is 4.68 Å². The molecule has 0 atom stereocenters. The number of aryl methyl sites for hydroxylation is 3. The maximum Gasteiger partial charge on any atom is 2.00 e. The minimum absolute atomic E-state index is 0. The van der Waals surface area contributed by atoms with Crippen molar-refractivity contribution in [1.82, 2.24) is 19.3 Å². The average Bonchev–Trinajstić information content (AvgIpc) is 3.59. The maximum atomic E-state index is 6.70. The molecule has 0 fully saturated rings. The Bertz CT molecular complexity index is 2390. The summed E-state index contributed by atoms with van der Waals surface area (Å²) in [4.78, 5) is 4.84. The molecule has 6 heteroatoms. The van der Waals surface area contributed by atoms with Crippen molar-refractivity contribution in [3.63, 3.8) is 0 Å². The van der Waals surface area contributed by atoms with Crippen molar-refractivity contribution in [2.75, 3.05) is 0 Å². The minimum Gasteiger partial charge on any atom is -0.509 e. The number of para-hydroxylation sites is 1. The van der Waals surface area contributed by atoms with Crippen molar-refractivity contribution in [3.8, 4) is 34.1 Å². The molecule has 0 radical (unpaired) electrons. The molecular weight excluding hydrogens is 731 g/mol. The van der Waals surface area contributed by atoms with E-state index >= 15 is 0 Å². The van der Waals surface area contributed by atoms with Gasteiger partial charge in [0.1, 0.15) is 5.82 Å². The standard InChI is InChI=1S/C46H48N4O.Pd/c1-28(2)22-33-20-21-47-42(23-33)49-40-17-12-11-16-38(40)39-19-18-36(27-41(39)49)51-37-25-34(29(3)4)24-35(26-37)50-45(46(8,9)10)44(32(7)48-50)43-30(5)14-13-15-31(43)6;/h11-21,23-25,28-29H,22H2,1-10H3;/q-2;+2. The molecule has 0 saturated heterocycles. The second-order valence-electron chi connectivity index (χ2n) is 15.7. The quantitative estimate of drug-likeness (QED) is 0.114. The summed E-state index contributed by atoms with van der Waals surface area (Å²) in [5.74, 6) is 2.96. The van der Waals surface area contributed by atoms with E-state index in [1.165, 1.54) is 27.8 Å². The molecule has 3 heterocycles. The number of aromatic nitrogens is 4. The molecule has 7 aromatic rings. The second kappa shape index (κ2) is 14.5. The molecule has 5 nitrogen and oxygen atoms in total. The van der Waals surface area contributed by atoms with Crippen LogP contribution in [0.1, 0.15) is 88.0 Å². The Morgan fingerprint density at radius 2 is 1.50 bits per heavy atom. The number of ether oxygens (including phenoxy) is 1. The van der Waals surface area contributed by atoms with Crippen LogP contribution in [0.3, 0.4) is 0 Å². The van der Waals surface area contributed by atoms with Crippen LogP contribution >= 0.6 is 0 Å². The predicted octanol–water partition coefficient (Wildman–Crippen LogP) is 12.0. The molecule has 3 aromatic heterocycles. The summed E-state index contributed by atoms with van der Waals surface area (Å²) in [7, 11) is 0. The number of pyridine rings is 1. The van der Waals surface area contributed by atoms with Crippen molar-refractivity contribution in [3.05, 3.63) is 131 Å². The van der Waals surface area contributed by atoms with Crippen molar-refractivity contribution < 1.29 is 25.2 Å². The number of hydrogen-bond acceptors (Lipinski definition) is 3. The zero-order valence-corrected chi connectivity index (χ0v) is 33.5. The van der Waals surface area contributed by atoms with Crippen LogP contribution in [0, 0.1) is 38.8 Å². The molecule has 268 valence electrons. The fourth-order valence-corrected chi connectivity index (χ4v) is 7.43. The van der Waals surface area contributed by atoms with Crippen LogP contribution in [-0.4, -0.2) is 19.3 Å². The average molecular weight is 779 g/mol. The van der Waals surface area contributed by atoms with E-state index in [4.69, 9.17) is 14.8 Å². The monoisotopic (exact) mass is 778 g/mol. The van der Waals surface area contributed by atoms with Gasteiger partial charge in [0.05, 0.1) is 11.4 Å². The predicted molar refractivity (Wildman–Crippen MR) is 211 cm³/mol. The first-order valence-electron chi connectivity index (χ1n) is 18.1. The van der Waals surface area contributed by atoms with Gasteiger partial charge in [-0.25, -0.2) is 4.98 Å². The van der Waals surface area contributed by atoms with Crippen molar-refractivity contribution in [1.29, 1.82) is 0 Å². The Kier molecular flexibility index (Phi) is 10.4. The van der Waals surface area contributed by atoms with Crippen molar-refractivity contribution in [2.24, 2.45) is 5.92 Å². The molecule has 0 aliphatic rings. The smallest absolute Gasteiger partial charge is 0.509 e. The third kappa shape index (κ3) is 7.00. The van der Waals surface area contributed by atoms with E-state index in [1.807, 2.05) is 12.3 Å². The first kappa shape index (κ1) is 37.3. The largest absolute Gasteiger partial charge is 2.00 e. The molecule has 0 bridgehead atoms. The number of fused-ring (bicyclic) bond motifs is 3. The van der Waals surface area contributed by atoms with E-state index in [1.54, 1.807) is 0 Å². The van der Waals surface area contributed by atoms with E-state index in [0.717, 1.165) is 56.7 Å². The summed E-state index contributed by atoms with van der Waals surface area (Å²) in [6.45, 7) is 22.2. The first-order chi connectivity index (χ1) is 24.3. The zero-order valence-electron chi connectivity index (χ0n) is 32.0. The Hall–Kier alpha value is -4.50. The van der Waals surface area contributed by atoms with E-state index in [2.05, 4.69) is 163 Å². The molecule has 52 heavy (non-hydrogen) atoms. The number of rotatable bonds is 8. The van der Waals surface area contributed by atoms with Gasteiger partial charge in [0.15, 0.2) is 0 Å². The Morgan fingerprint density at radius 3 is 2.19 bits per heavy atom. The van der Waals surface area contributed by atoms with Gasteiger partial charge in [-0.1, -0.05) is 90.4 Å². The topological polar surface area (TPSA) is 44.9 Å². The molecule has 0 spiro atoms. The third-order valence-corrected chi connectivity index (χ3v) is 9.71. The number of nitrogens with zero attached hydrogens (tertiary/aromatic N) is 4. The van der Waals surface area contributed by atoms with Gasteiger partial charge in [0.25, 0.3) is 0 Å². The maximum absolute atomic E-state index is 6.70. The summed E-state index contributed by atoms with van der Waals surface area (Å²) in [6, 6.07) is 35.0. The fraction of sp³-hybridized carbons (Fsp3) is 0.304. The van der Waals surface area contributed by atoms with Crippen LogP contribution in [0.2, 0.25) is 0 Å². The van der Waals surface area contributed by atoms with Gasteiger partial charge in [0.2, 0.25) is 0 Å². The minimum atomic E-state index is -0.194. The first-order valence-corrected chi connectivity index (χ1v) is 18.1. The van der Waals surface area contributed by atoms with Gasteiger partial charge < -0.3 is 9.30 Å². The van der Waals surface area contributed by atoms with Gasteiger partial charge in [-0.2, -0.15) is 11.2 Å². The molecule has 0 saturated carbocycles. The van der Waals surface area contributed by atoms with Gasteiger partial charge in [-0.05, 0) is 90.6 Å². The van der Waals surface area contributed by atoms with Crippen LogP contribution in [0.5, 0.6) is 11.5 Å². The molecule has 7 rings (SSSR count). The van der Waals surface area contributed by atoms with Crippen LogP contribution in [-0.2, 0) is 32.3 Å². The van der Waals surface area contributed by atoms with Gasteiger partial charge in [0, 0.05) is 34.2 Å². The third-order valence-electron chi connectivity index (χ3n) is 9.71. The van der Waals surface area contributed by atoms with E-state index in [9.17, 15) is 0 Å². The van der Waals surface area contributed by atoms with Gasteiger partial charge in [-0.15, -0.1) is 41.3 Å². The number of hydrogen-bond donors (Lipinski definition) is 0. The molecule has 0 aliphatic carbocycles. The Morgan fingerprint density at radius 1 is 0.769 bits per heavy atom. The van der Waals surface area contributed by atoms with Crippen LogP contribution in [0.4, 0.5) is 0 Å². The Labute approximate surface area is 322 Å².